The Hall–Kier alpha value is -2.63. The van der Waals surface area contributed by atoms with Gasteiger partial charge < -0.3 is 14.2 Å². The number of furan rings is 1. The summed E-state index contributed by atoms with van der Waals surface area (Å²) in [5, 5.41) is 0. The summed E-state index contributed by atoms with van der Waals surface area (Å²) < 4.78 is 5.13. The van der Waals surface area contributed by atoms with Crippen molar-refractivity contribution in [3.8, 4) is 0 Å². The number of aryl methyl sites for hydroxylation is 1. The first-order valence-electron chi connectivity index (χ1n) is 7.73. The van der Waals surface area contributed by atoms with Crippen LogP contribution in [0.1, 0.15) is 22.5 Å². The Bertz CT molecular complexity index is 647. The van der Waals surface area contributed by atoms with Crippen molar-refractivity contribution in [1.29, 1.82) is 0 Å². The maximum Gasteiger partial charge on any atom is 0.289 e. The molecule has 0 bridgehead atoms. The Morgan fingerprint density at radius 3 is 2.52 bits per heavy atom. The zero-order valence-corrected chi connectivity index (χ0v) is 12.9. The molecular weight excluding hydrogens is 294 g/mol. The van der Waals surface area contributed by atoms with Crippen LogP contribution in [-0.4, -0.2) is 52.8 Å². The molecule has 2 aromatic rings. The van der Waals surface area contributed by atoms with Gasteiger partial charge in [-0.15, -0.1) is 0 Å². The molecule has 0 spiro atoms. The molecule has 1 aliphatic rings. The molecule has 0 unspecified atom stereocenters. The summed E-state index contributed by atoms with van der Waals surface area (Å²) in [5.41, 5.74) is 1.06. The Labute approximate surface area is 134 Å². The summed E-state index contributed by atoms with van der Waals surface area (Å²) in [6.45, 7) is 2.22. The van der Waals surface area contributed by atoms with E-state index in [0.717, 1.165) is 5.56 Å². The number of carbonyl (C=O) groups excluding carboxylic acids is 2. The van der Waals surface area contributed by atoms with Crippen molar-refractivity contribution in [3.63, 3.8) is 0 Å². The van der Waals surface area contributed by atoms with Crippen LogP contribution in [0.5, 0.6) is 0 Å². The van der Waals surface area contributed by atoms with Crippen molar-refractivity contribution in [1.82, 2.24) is 14.8 Å². The van der Waals surface area contributed by atoms with E-state index in [1.54, 1.807) is 29.4 Å². The van der Waals surface area contributed by atoms with E-state index in [0.29, 0.717) is 44.8 Å². The first-order valence-corrected chi connectivity index (χ1v) is 7.73. The summed E-state index contributed by atoms with van der Waals surface area (Å²) in [5.74, 6) is 0.359. The number of aromatic nitrogens is 1. The van der Waals surface area contributed by atoms with Crippen LogP contribution in [0.25, 0.3) is 0 Å². The second kappa shape index (κ2) is 7.09. The molecule has 2 aromatic heterocycles. The quantitative estimate of drug-likeness (QED) is 0.860. The summed E-state index contributed by atoms with van der Waals surface area (Å²) in [7, 11) is 0. The predicted octanol–water partition coefficient (Wildman–Crippen LogP) is 1.59. The SMILES string of the molecule is O=C(CCc1cccnc1)N1CCN(C(=O)c2ccco2)CC1. The second-order valence-corrected chi connectivity index (χ2v) is 5.51. The zero-order chi connectivity index (χ0) is 16.1. The summed E-state index contributed by atoms with van der Waals surface area (Å²) >= 11 is 0. The number of nitrogens with zero attached hydrogens (tertiary/aromatic N) is 3. The first-order chi connectivity index (χ1) is 11.2. The minimum absolute atomic E-state index is 0.113. The zero-order valence-electron chi connectivity index (χ0n) is 12.9. The number of pyridine rings is 1. The van der Waals surface area contributed by atoms with Crippen molar-refractivity contribution in [2.24, 2.45) is 0 Å². The average Bonchev–Trinajstić information content (AvgIpc) is 3.15. The second-order valence-electron chi connectivity index (χ2n) is 5.51. The van der Waals surface area contributed by atoms with Crippen molar-refractivity contribution in [3.05, 3.63) is 54.2 Å². The van der Waals surface area contributed by atoms with E-state index in [9.17, 15) is 9.59 Å². The highest BCUT2D eigenvalue weighted by atomic mass is 16.3. The molecule has 23 heavy (non-hydrogen) atoms. The van der Waals surface area contributed by atoms with Crippen LogP contribution >= 0.6 is 0 Å². The van der Waals surface area contributed by atoms with Gasteiger partial charge in [0, 0.05) is 45.0 Å². The largest absolute Gasteiger partial charge is 0.459 e. The van der Waals surface area contributed by atoms with E-state index in [-0.39, 0.29) is 11.8 Å². The summed E-state index contributed by atoms with van der Waals surface area (Å²) in [6.07, 6.45) is 6.16. The van der Waals surface area contributed by atoms with Crippen molar-refractivity contribution < 1.29 is 14.0 Å². The molecule has 2 amide bonds. The Kier molecular flexibility index (Phi) is 4.71. The monoisotopic (exact) mass is 313 g/mol. The van der Waals surface area contributed by atoms with Gasteiger partial charge in [-0.3, -0.25) is 14.6 Å². The highest BCUT2D eigenvalue weighted by Crippen LogP contribution is 2.11. The molecule has 120 valence electrons. The molecule has 0 saturated carbocycles. The van der Waals surface area contributed by atoms with Crippen LogP contribution < -0.4 is 0 Å². The lowest BCUT2D eigenvalue weighted by molar-refractivity contribution is -0.132. The molecule has 0 aromatic carbocycles. The van der Waals surface area contributed by atoms with Crippen LogP contribution in [0.4, 0.5) is 0 Å². The van der Waals surface area contributed by atoms with Gasteiger partial charge in [-0.05, 0) is 30.2 Å². The van der Waals surface area contributed by atoms with Gasteiger partial charge >= 0.3 is 0 Å². The van der Waals surface area contributed by atoms with Gasteiger partial charge in [0.15, 0.2) is 5.76 Å². The van der Waals surface area contributed by atoms with Gasteiger partial charge in [0.1, 0.15) is 0 Å². The fourth-order valence-electron chi connectivity index (χ4n) is 2.67. The van der Waals surface area contributed by atoms with Crippen molar-refractivity contribution >= 4 is 11.8 Å². The molecule has 0 atom stereocenters. The maximum atomic E-state index is 12.3. The minimum atomic E-state index is -0.113. The lowest BCUT2D eigenvalue weighted by Crippen LogP contribution is -2.50. The Morgan fingerprint density at radius 2 is 1.87 bits per heavy atom. The highest BCUT2D eigenvalue weighted by Gasteiger charge is 2.25. The van der Waals surface area contributed by atoms with E-state index in [4.69, 9.17) is 4.42 Å². The van der Waals surface area contributed by atoms with Gasteiger partial charge in [-0.2, -0.15) is 0 Å². The average molecular weight is 313 g/mol. The van der Waals surface area contributed by atoms with Crippen molar-refractivity contribution in [2.75, 3.05) is 26.2 Å². The summed E-state index contributed by atoms with van der Waals surface area (Å²) in [4.78, 5) is 32.0. The maximum absolute atomic E-state index is 12.3. The third kappa shape index (κ3) is 3.77. The van der Waals surface area contributed by atoms with E-state index in [1.807, 2.05) is 17.0 Å². The fourth-order valence-corrected chi connectivity index (χ4v) is 2.67. The topological polar surface area (TPSA) is 66.7 Å². The number of carbonyl (C=O) groups is 2. The van der Waals surface area contributed by atoms with Gasteiger partial charge in [0.25, 0.3) is 5.91 Å². The number of piperazine rings is 1. The first kappa shape index (κ1) is 15.3. The minimum Gasteiger partial charge on any atom is -0.459 e. The van der Waals surface area contributed by atoms with Crippen molar-refractivity contribution in [2.45, 2.75) is 12.8 Å². The third-order valence-electron chi connectivity index (χ3n) is 4.00. The molecule has 6 heteroatoms. The fraction of sp³-hybridized carbons (Fsp3) is 0.353. The lowest BCUT2D eigenvalue weighted by Gasteiger charge is -2.34. The summed E-state index contributed by atoms with van der Waals surface area (Å²) in [6, 6.07) is 7.21. The van der Waals surface area contributed by atoms with Gasteiger partial charge in [0.2, 0.25) is 5.91 Å². The highest BCUT2D eigenvalue weighted by molar-refractivity contribution is 5.91. The standard InChI is InChI=1S/C17H19N3O3/c21-16(6-5-14-3-1-7-18-13-14)19-8-10-20(11-9-19)17(22)15-4-2-12-23-15/h1-4,7,12-13H,5-6,8-11H2. The molecule has 0 N–H and O–H groups in total. The molecule has 0 radical (unpaired) electrons. The predicted molar refractivity (Wildman–Crippen MR) is 83.7 cm³/mol. The van der Waals surface area contributed by atoms with Gasteiger partial charge in [0.05, 0.1) is 6.26 Å². The van der Waals surface area contributed by atoms with Crippen LogP contribution in [0, 0.1) is 0 Å². The molecule has 3 rings (SSSR count). The van der Waals surface area contributed by atoms with E-state index >= 15 is 0 Å². The molecule has 1 fully saturated rings. The number of hydrogen-bond acceptors (Lipinski definition) is 4. The van der Waals surface area contributed by atoms with Gasteiger partial charge in [-0.1, -0.05) is 6.07 Å². The van der Waals surface area contributed by atoms with E-state index in [2.05, 4.69) is 4.98 Å². The third-order valence-corrected chi connectivity index (χ3v) is 4.00. The molecule has 1 aliphatic heterocycles. The smallest absolute Gasteiger partial charge is 0.289 e. The Morgan fingerprint density at radius 1 is 1.09 bits per heavy atom. The number of rotatable bonds is 4. The molecular formula is C17H19N3O3. The molecule has 1 saturated heterocycles. The normalized spacial score (nSPS) is 14.8. The number of hydrogen-bond donors (Lipinski definition) is 0. The Balaban J connectivity index is 1.47. The van der Waals surface area contributed by atoms with Crippen LogP contribution in [0.2, 0.25) is 0 Å². The lowest BCUT2D eigenvalue weighted by atomic mass is 10.1. The van der Waals surface area contributed by atoms with Crippen LogP contribution in [-0.2, 0) is 11.2 Å². The molecule has 3 heterocycles. The number of amides is 2. The van der Waals surface area contributed by atoms with Gasteiger partial charge in [-0.25, -0.2) is 0 Å². The molecule has 0 aliphatic carbocycles. The van der Waals surface area contributed by atoms with E-state index in [1.165, 1.54) is 6.26 Å². The molecule has 6 nitrogen and oxygen atoms in total. The van der Waals surface area contributed by atoms with Crippen LogP contribution in [0.15, 0.2) is 47.3 Å². The van der Waals surface area contributed by atoms with Crippen LogP contribution in [0.3, 0.4) is 0 Å². The van der Waals surface area contributed by atoms with E-state index < -0.39 is 0 Å².